The zero-order valence-corrected chi connectivity index (χ0v) is 26.6. The van der Waals surface area contributed by atoms with Gasteiger partial charge in [-0.1, -0.05) is 85.1 Å². The second-order valence-electron chi connectivity index (χ2n) is 10.9. The summed E-state index contributed by atoms with van der Waals surface area (Å²) in [7, 11) is 0. The smallest absolute Gasteiger partial charge is 0.119 e. The number of fused-ring (bicyclic) bond motifs is 4. The van der Waals surface area contributed by atoms with Crippen LogP contribution in [0, 0.1) is 11.8 Å². The molecule has 37 heavy (non-hydrogen) atoms. The zero-order valence-electron chi connectivity index (χ0n) is 22.6. The Bertz CT molecular complexity index is 1320. The van der Waals surface area contributed by atoms with Crippen molar-refractivity contribution >= 4 is 61.4 Å². The Morgan fingerprint density at radius 1 is 0.838 bits per heavy atom. The Balaban J connectivity index is 1.64. The lowest BCUT2D eigenvalue weighted by Gasteiger charge is -2.37. The summed E-state index contributed by atoms with van der Waals surface area (Å²) >= 11 is 8.93. The van der Waals surface area contributed by atoms with Gasteiger partial charge in [0.05, 0.1) is 11.7 Å². The van der Waals surface area contributed by atoms with Gasteiger partial charge in [-0.15, -0.1) is 22.7 Å². The summed E-state index contributed by atoms with van der Waals surface area (Å²) in [5.41, 5.74) is 6.62. The molecule has 0 spiro atoms. The van der Waals surface area contributed by atoms with E-state index in [1.165, 1.54) is 96.1 Å². The van der Waals surface area contributed by atoms with E-state index in [1.807, 2.05) is 22.7 Å². The van der Waals surface area contributed by atoms with Crippen LogP contribution in [0.25, 0.3) is 31.2 Å². The van der Waals surface area contributed by atoms with Gasteiger partial charge in [0.15, 0.2) is 0 Å². The highest BCUT2D eigenvalue weighted by molar-refractivity contribution is 9.10. The first-order valence-electron chi connectivity index (χ1n) is 14.2. The summed E-state index contributed by atoms with van der Waals surface area (Å²) in [6.07, 6.45) is 13.1. The molecule has 0 bridgehead atoms. The summed E-state index contributed by atoms with van der Waals surface area (Å²) in [6.45, 7) is 9.50. The van der Waals surface area contributed by atoms with Gasteiger partial charge < -0.3 is 0 Å². The molecule has 0 N–H and O–H groups in total. The van der Waals surface area contributed by atoms with Crippen molar-refractivity contribution in [2.24, 2.45) is 11.8 Å². The van der Waals surface area contributed by atoms with Crippen LogP contribution in [0.5, 0.6) is 0 Å². The Labute approximate surface area is 243 Å². The van der Waals surface area contributed by atoms with E-state index in [0.717, 1.165) is 27.3 Å². The zero-order chi connectivity index (χ0) is 26.0. The lowest BCUT2D eigenvalue weighted by atomic mass is 9.65. The molecule has 2 unspecified atom stereocenters. The van der Waals surface area contributed by atoms with Crippen molar-refractivity contribution in [2.45, 2.75) is 97.3 Å². The molecule has 0 radical (unpaired) electrons. The summed E-state index contributed by atoms with van der Waals surface area (Å²) in [6, 6.07) is 9.42. The molecule has 2 nitrogen and oxygen atoms in total. The third kappa shape index (κ3) is 5.13. The lowest BCUT2D eigenvalue weighted by molar-refractivity contribution is 0.266. The van der Waals surface area contributed by atoms with Crippen molar-refractivity contribution < 1.29 is 0 Å². The molecule has 0 amide bonds. The van der Waals surface area contributed by atoms with Crippen LogP contribution in [0.15, 0.2) is 34.1 Å². The molecule has 6 heteroatoms. The van der Waals surface area contributed by atoms with Gasteiger partial charge >= 0.3 is 0 Å². The molecule has 4 aromatic rings. The van der Waals surface area contributed by atoms with Crippen molar-refractivity contribution in [3.05, 3.63) is 45.2 Å². The van der Waals surface area contributed by atoms with Gasteiger partial charge in [0.1, 0.15) is 11.0 Å². The number of aromatic nitrogens is 2. The molecule has 1 aliphatic rings. The minimum Gasteiger partial charge on any atom is -0.172 e. The average molecular weight is 616 g/mol. The number of nitrogens with zero attached hydrogens (tertiary/aromatic N) is 2. The Morgan fingerprint density at radius 3 is 2.16 bits per heavy atom. The molecule has 0 saturated carbocycles. The third-order valence-corrected chi connectivity index (χ3v) is 12.0. The number of hydrogen-bond acceptors (Lipinski definition) is 5. The normalized spacial score (nSPS) is 18.3. The monoisotopic (exact) mass is 614 g/mol. The van der Waals surface area contributed by atoms with Crippen LogP contribution in [-0.4, -0.2) is 8.75 Å². The Hall–Kier alpha value is -1.08. The van der Waals surface area contributed by atoms with Crippen LogP contribution in [0.3, 0.4) is 0 Å². The molecule has 0 aliphatic heterocycles. The highest BCUT2D eigenvalue weighted by atomic mass is 79.9. The van der Waals surface area contributed by atoms with Crippen molar-refractivity contribution in [2.75, 3.05) is 0 Å². The van der Waals surface area contributed by atoms with E-state index in [9.17, 15) is 0 Å². The Kier molecular flexibility index (Phi) is 8.90. The number of benzene rings is 1. The van der Waals surface area contributed by atoms with Crippen LogP contribution < -0.4 is 0 Å². The van der Waals surface area contributed by atoms with Gasteiger partial charge in [-0.25, -0.2) is 0 Å². The molecule has 198 valence electrons. The predicted molar refractivity (Wildman–Crippen MR) is 168 cm³/mol. The second kappa shape index (κ2) is 12.0. The minimum atomic E-state index is 0.136. The Morgan fingerprint density at radius 2 is 1.51 bits per heavy atom. The van der Waals surface area contributed by atoms with Crippen LogP contribution in [-0.2, 0) is 5.41 Å². The van der Waals surface area contributed by atoms with Gasteiger partial charge in [0.25, 0.3) is 0 Å². The minimum absolute atomic E-state index is 0.136. The van der Waals surface area contributed by atoms with E-state index in [4.69, 9.17) is 4.37 Å². The van der Waals surface area contributed by atoms with E-state index in [1.54, 1.807) is 11.1 Å². The molecule has 0 saturated heterocycles. The number of hydrogen-bond donors (Lipinski definition) is 0. The molecule has 3 aromatic heterocycles. The first kappa shape index (κ1) is 27.5. The molecule has 0 fully saturated rings. The van der Waals surface area contributed by atoms with E-state index in [2.05, 4.69) is 77.6 Å². The number of thiophene rings is 2. The largest absolute Gasteiger partial charge is 0.172 e. The third-order valence-electron chi connectivity index (χ3n) is 8.63. The summed E-state index contributed by atoms with van der Waals surface area (Å²) in [4.78, 5) is 4.41. The van der Waals surface area contributed by atoms with Crippen molar-refractivity contribution in [3.8, 4) is 20.2 Å². The molecular formula is C31H39BrN2S3. The van der Waals surface area contributed by atoms with Gasteiger partial charge in [-0.05, 0) is 75.3 Å². The van der Waals surface area contributed by atoms with Gasteiger partial charge in [0, 0.05) is 30.1 Å². The van der Waals surface area contributed by atoms with Gasteiger partial charge in [-0.2, -0.15) is 8.75 Å². The molecule has 2 atom stereocenters. The number of unbranched alkanes of at least 4 members (excludes halogenated alkanes) is 2. The molecule has 1 aromatic carbocycles. The summed E-state index contributed by atoms with van der Waals surface area (Å²) < 4.78 is 10.3. The second-order valence-corrected chi connectivity index (χ2v) is 14.2. The van der Waals surface area contributed by atoms with Crippen LogP contribution in [0.2, 0.25) is 0 Å². The fourth-order valence-electron chi connectivity index (χ4n) is 6.49. The van der Waals surface area contributed by atoms with E-state index in [-0.39, 0.29) is 5.41 Å². The van der Waals surface area contributed by atoms with Crippen LogP contribution >= 0.6 is 50.3 Å². The van der Waals surface area contributed by atoms with E-state index < -0.39 is 0 Å². The average Bonchev–Trinajstić information content (AvgIpc) is 3.69. The highest BCUT2D eigenvalue weighted by Gasteiger charge is 2.47. The number of halogens is 1. The highest BCUT2D eigenvalue weighted by Crippen LogP contribution is 2.61. The van der Waals surface area contributed by atoms with Crippen LogP contribution in [0.4, 0.5) is 0 Å². The summed E-state index contributed by atoms with van der Waals surface area (Å²) in [5, 5.41) is 2.35. The van der Waals surface area contributed by atoms with Gasteiger partial charge in [-0.3, -0.25) is 0 Å². The van der Waals surface area contributed by atoms with Crippen molar-refractivity contribution in [1.82, 2.24) is 8.75 Å². The maximum absolute atomic E-state index is 4.71. The first-order valence-corrected chi connectivity index (χ1v) is 17.4. The molecule has 1 aliphatic carbocycles. The summed E-state index contributed by atoms with van der Waals surface area (Å²) in [5.74, 6) is 1.54. The molecular weight excluding hydrogens is 576 g/mol. The lowest BCUT2D eigenvalue weighted by Crippen LogP contribution is -2.31. The maximum atomic E-state index is 4.71. The van der Waals surface area contributed by atoms with Gasteiger partial charge in [0.2, 0.25) is 0 Å². The molecule has 3 heterocycles. The fourth-order valence-corrected chi connectivity index (χ4v) is 10.0. The topological polar surface area (TPSA) is 25.8 Å². The van der Waals surface area contributed by atoms with Crippen molar-refractivity contribution in [1.29, 1.82) is 0 Å². The van der Waals surface area contributed by atoms with Crippen molar-refractivity contribution in [3.63, 3.8) is 0 Å². The predicted octanol–water partition coefficient (Wildman–Crippen LogP) is 11.7. The molecule has 5 rings (SSSR count). The SMILES string of the molecule is CCCCC(CC)CC1(CC(CC)CCCC)c2ccsc2-c2sc(-c3ccc(Br)c4nsnc34)cc21. The standard InChI is InChI=1S/C31H39BrN2S3/c1-5-9-11-20(7-3)18-31(19-21(8-4)12-10-6-2)23-15-16-35-29(23)30-24(31)17-26(36-30)22-13-14-25(32)28-27(22)33-37-34-28/h13-17,20-21H,5-12,18-19H2,1-4H3. The fraction of sp³-hybridized carbons (Fsp3) is 0.548. The maximum Gasteiger partial charge on any atom is 0.119 e. The first-order chi connectivity index (χ1) is 18.1. The van der Waals surface area contributed by atoms with Crippen LogP contribution in [0.1, 0.15) is 103 Å². The quantitative estimate of drug-likeness (QED) is 0.150. The number of rotatable bonds is 13. The van der Waals surface area contributed by atoms with E-state index >= 15 is 0 Å². The van der Waals surface area contributed by atoms with E-state index in [0.29, 0.717) is 0 Å².